The number of carbonyl (C=O) groups is 1. The highest BCUT2D eigenvalue weighted by atomic mass is 32.2. The summed E-state index contributed by atoms with van der Waals surface area (Å²) in [5, 5.41) is 2.81. The Morgan fingerprint density at radius 2 is 1.72 bits per heavy atom. The quantitative estimate of drug-likeness (QED) is 0.807. The lowest BCUT2D eigenvalue weighted by Crippen LogP contribution is -2.48. The predicted octanol–water partition coefficient (Wildman–Crippen LogP) is 3.05. The van der Waals surface area contributed by atoms with E-state index in [1.54, 1.807) is 6.07 Å². The molecule has 1 N–H and O–H groups in total. The summed E-state index contributed by atoms with van der Waals surface area (Å²) in [5.74, 6) is 0.213. The zero-order chi connectivity index (χ0) is 21.2. The fourth-order valence-corrected chi connectivity index (χ4v) is 4.96. The van der Waals surface area contributed by atoms with Crippen LogP contribution in [0.25, 0.3) is 0 Å². The van der Waals surface area contributed by atoms with Gasteiger partial charge in [-0.25, -0.2) is 8.42 Å². The number of carbonyl (C=O) groups excluding carboxylic acids is 1. The number of rotatable bonds is 5. The second-order valence-electron chi connectivity index (χ2n) is 7.26. The number of aryl methyl sites for hydroxylation is 1. The summed E-state index contributed by atoms with van der Waals surface area (Å²) in [4.78, 5) is 12.8. The highest BCUT2D eigenvalue weighted by Gasteiger charge is 2.32. The van der Waals surface area contributed by atoms with Crippen LogP contribution >= 0.6 is 0 Å². The molecule has 1 saturated heterocycles. The van der Waals surface area contributed by atoms with E-state index in [0.29, 0.717) is 30.1 Å². The first-order valence-corrected chi connectivity index (χ1v) is 10.9. The van der Waals surface area contributed by atoms with Crippen molar-refractivity contribution in [1.82, 2.24) is 4.31 Å². The van der Waals surface area contributed by atoms with E-state index in [-0.39, 0.29) is 23.0 Å². The van der Waals surface area contributed by atoms with E-state index in [1.165, 1.54) is 35.7 Å². The zero-order valence-corrected chi connectivity index (χ0v) is 17.8. The van der Waals surface area contributed by atoms with Gasteiger partial charge in [0.05, 0.1) is 29.9 Å². The third-order valence-corrected chi connectivity index (χ3v) is 6.59. The molecule has 0 aromatic heterocycles. The van der Waals surface area contributed by atoms with Gasteiger partial charge in [-0.15, -0.1) is 0 Å². The molecular weight excluding hydrogens is 392 g/mol. The SMILES string of the molecule is COc1ccc(C)cc1NC(=O)c1ccc(S(=O)(=O)N2CC(C)OC(C)C2)cc1. The average Bonchev–Trinajstić information content (AvgIpc) is 2.67. The summed E-state index contributed by atoms with van der Waals surface area (Å²) in [5.41, 5.74) is 1.90. The molecule has 1 fully saturated rings. The first kappa shape index (κ1) is 21.3. The minimum Gasteiger partial charge on any atom is -0.495 e. The number of methoxy groups -OCH3 is 1. The van der Waals surface area contributed by atoms with Crippen molar-refractivity contribution >= 4 is 21.6 Å². The van der Waals surface area contributed by atoms with E-state index in [0.717, 1.165) is 5.56 Å². The second-order valence-corrected chi connectivity index (χ2v) is 9.20. The Hall–Kier alpha value is -2.42. The Morgan fingerprint density at radius 1 is 1.10 bits per heavy atom. The van der Waals surface area contributed by atoms with Gasteiger partial charge in [0, 0.05) is 18.7 Å². The van der Waals surface area contributed by atoms with Crippen molar-refractivity contribution in [2.24, 2.45) is 0 Å². The van der Waals surface area contributed by atoms with Crippen molar-refractivity contribution in [3.63, 3.8) is 0 Å². The summed E-state index contributed by atoms with van der Waals surface area (Å²) in [6.45, 7) is 6.24. The van der Waals surface area contributed by atoms with E-state index in [2.05, 4.69) is 5.32 Å². The Labute approximate surface area is 171 Å². The van der Waals surface area contributed by atoms with E-state index in [1.807, 2.05) is 32.9 Å². The maximum Gasteiger partial charge on any atom is 0.255 e. The maximum atomic E-state index is 12.9. The first-order valence-electron chi connectivity index (χ1n) is 9.42. The molecule has 0 bridgehead atoms. The molecule has 2 aromatic rings. The molecule has 2 unspecified atom stereocenters. The van der Waals surface area contributed by atoms with Gasteiger partial charge in [-0.2, -0.15) is 4.31 Å². The average molecular weight is 419 g/mol. The highest BCUT2D eigenvalue weighted by Crippen LogP contribution is 2.26. The van der Waals surface area contributed by atoms with Crippen LogP contribution in [-0.4, -0.2) is 51.0 Å². The van der Waals surface area contributed by atoms with Crippen molar-refractivity contribution in [1.29, 1.82) is 0 Å². The van der Waals surface area contributed by atoms with Crippen molar-refractivity contribution < 1.29 is 22.7 Å². The Balaban J connectivity index is 1.78. The van der Waals surface area contributed by atoms with E-state index in [4.69, 9.17) is 9.47 Å². The fraction of sp³-hybridized carbons (Fsp3) is 0.381. The molecular formula is C21H26N2O5S. The zero-order valence-electron chi connectivity index (χ0n) is 17.0. The largest absolute Gasteiger partial charge is 0.495 e. The summed E-state index contributed by atoms with van der Waals surface area (Å²) in [7, 11) is -2.11. The van der Waals surface area contributed by atoms with Crippen LogP contribution in [0.2, 0.25) is 0 Å². The topological polar surface area (TPSA) is 84.9 Å². The van der Waals surface area contributed by atoms with Crippen LogP contribution in [0.1, 0.15) is 29.8 Å². The molecule has 3 rings (SSSR count). The normalized spacial score (nSPS) is 20.3. The summed E-state index contributed by atoms with van der Waals surface area (Å²) < 4.78 is 38.2. The summed E-state index contributed by atoms with van der Waals surface area (Å²) in [6, 6.07) is 11.4. The van der Waals surface area contributed by atoms with Crippen LogP contribution in [0.5, 0.6) is 5.75 Å². The molecule has 1 aliphatic rings. The number of nitrogens with zero attached hydrogens (tertiary/aromatic N) is 1. The van der Waals surface area contributed by atoms with Gasteiger partial charge in [0.15, 0.2) is 0 Å². The molecule has 7 nitrogen and oxygen atoms in total. The first-order chi connectivity index (χ1) is 13.7. The Bertz CT molecular complexity index is 979. The van der Waals surface area contributed by atoms with Crippen molar-refractivity contribution in [2.75, 3.05) is 25.5 Å². The lowest BCUT2D eigenvalue weighted by Gasteiger charge is -2.34. The molecule has 2 atom stereocenters. The van der Waals surface area contributed by atoms with Gasteiger partial charge in [0.2, 0.25) is 10.0 Å². The van der Waals surface area contributed by atoms with Crippen molar-refractivity contribution in [3.8, 4) is 5.75 Å². The second kappa shape index (κ2) is 8.52. The minimum atomic E-state index is -3.64. The number of ether oxygens (including phenoxy) is 2. The van der Waals surface area contributed by atoms with Crippen LogP contribution in [0.3, 0.4) is 0 Å². The summed E-state index contributed by atoms with van der Waals surface area (Å²) >= 11 is 0. The van der Waals surface area contributed by atoms with Gasteiger partial charge in [-0.05, 0) is 62.7 Å². The van der Waals surface area contributed by atoms with Crippen LogP contribution in [-0.2, 0) is 14.8 Å². The number of benzene rings is 2. The minimum absolute atomic E-state index is 0.156. The van der Waals surface area contributed by atoms with Crippen LogP contribution < -0.4 is 10.1 Å². The molecule has 2 aromatic carbocycles. The monoisotopic (exact) mass is 418 g/mol. The number of nitrogens with one attached hydrogen (secondary N) is 1. The third-order valence-electron chi connectivity index (χ3n) is 4.74. The number of anilines is 1. The number of sulfonamides is 1. The Morgan fingerprint density at radius 3 is 2.31 bits per heavy atom. The van der Waals surface area contributed by atoms with Gasteiger partial charge in [-0.1, -0.05) is 6.07 Å². The lowest BCUT2D eigenvalue weighted by molar-refractivity contribution is -0.0440. The predicted molar refractivity (Wildman–Crippen MR) is 111 cm³/mol. The molecule has 0 radical (unpaired) electrons. The molecule has 0 aliphatic carbocycles. The van der Waals surface area contributed by atoms with E-state index >= 15 is 0 Å². The molecule has 0 spiro atoms. The number of amides is 1. The van der Waals surface area contributed by atoms with E-state index in [9.17, 15) is 13.2 Å². The lowest BCUT2D eigenvalue weighted by atomic mass is 10.1. The van der Waals surface area contributed by atoms with Crippen LogP contribution in [0.4, 0.5) is 5.69 Å². The Kier molecular flexibility index (Phi) is 6.26. The molecule has 1 aliphatic heterocycles. The maximum absolute atomic E-state index is 12.9. The van der Waals surface area contributed by atoms with Crippen molar-refractivity contribution in [3.05, 3.63) is 53.6 Å². The van der Waals surface area contributed by atoms with Crippen LogP contribution in [0.15, 0.2) is 47.4 Å². The van der Waals surface area contributed by atoms with Crippen LogP contribution in [0, 0.1) is 6.92 Å². The number of morpholine rings is 1. The van der Waals surface area contributed by atoms with Gasteiger partial charge in [0.25, 0.3) is 5.91 Å². The van der Waals surface area contributed by atoms with E-state index < -0.39 is 10.0 Å². The number of hydrogen-bond acceptors (Lipinski definition) is 5. The molecule has 1 heterocycles. The van der Waals surface area contributed by atoms with Gasteiger partial charge >= 0.3 is 0 Å². The molecule has 8 heteroatoms. The standard InChI is InChI=1S/C21H26N2O5S/c1-14-5-10-20(27-4)19(11-14)22-21(24)17-6-8-18(9-7-17)29(25,26)23-12-15(2)28-16(3)13-23/h5-11,15-16H,12-13H2,1-4H3,(H,22,24). The van der Waals surface area contributed by atoms with Gasteiger partial charge in [0.1, 0.15) is 5.75 Å². The molecule has 156 valence electrons. The summed E-state index contributed by atoms with van der Waals surface area (Å²) in [6.07, 6.45) is -0.328. The molecule has 29 heavy (non-hydrogen) atoms. The third kappa shape index (κ3) is 4.77. The molecule has 1 amide bonds. The highest BCUT2D eigenvalue weighted by molar-refractivity contribution is 7.89. The molecule has 0 saturated carbocycles. The van der Waals surface area contributed by atoms with Gasteiger partial charge in [-0.3, -0.25) is 4.79 Å². The fourth-order valence-electron chi connectivity index (χ4n) is 3.37. The van der Waals surface area contributed by atoms with Gasteiger partial charge < -0.3 is 14.8 Å². The van der Waals surface area contributed by atoms with Crippen molar-refractivity contribution in [2.45, 2.75) is 37.9 Å². The smallest absolute Gasteiger partial charge is 0.255 e. The number of hydrogen-bond donors (Lipinski definition) is 1.